The van der Waals surface area contributed by atoms with Gasteiger partial charge in [0.1, 0.15) is 0 Å². The molecule has 2 nitrogen and oxygen atoms in total. The van der Waals surface area contributed by atoms with Gasteiger partial charge in [0, 0.05) is 17.1 Å². The Kier molecular flexibility index (Phi) is 4.02. The maximum atomic E-state index is 4.74. The number of aromatic nitrogens is 2. The number of nitrogens with zero attached hydrogens (tertiary/aromatic N) is 1. The summed E-state index contributed by atoms with van der Waals surface area (Å²) in [7, 11) is 0. The van der Waals surface area contributed by atoms with E-state index in [9.17, 15) is 0 Å². The van der Waals surface area contributed by atoms with Gasteiger partial charge in [0.2, 0.25) is 0 Å². The van der Waals surface area contributed by atoms with Gasteiger partial charge in [0.05, 0.1) is 11.4 Å². The number of hydrogen-bond donors (Lipinski definition) is 1. The van der Waals surface area contributed by atoms with E-state index in [0.29, 0.717) is 5.92 Å². The zero-order chi connectivity index (χ0) is 15.7. The Balaban J connectivity index is 2.21. The van der Waals surface area contributed by atoms with Crippen LogP contribution in [0.25, 0.3) is 22.3 Å². The van der Waals surface area contributed by atoms with Crippen LogP contribution in [0.3, 0.4) is 0 Å². The number of benzene rings is 1. The molecule has 3 aromatic rings. The number of nitrogens with one attached hydrogen (secondary N) is 1. The fourth-order valence-corrected chi connectivity index (χ4v) is 3.25. The molecule has 2 heteroatoms. The minimum Gasteiger partial charge on any atom is -0.353 e. The third-order valence-electron chi connectivity index (χ3n) is 4.45. The van der Waals surface area contributed by atoms with E-state index in [-0.39, 0.29) is 0 Å². The van der Waals surface area contributed by atoms with E-state index in [4.69, 9.17) is 4.98 Å². The zero-order valence-electron chi connectivity index (χ0n) is 13.9. The molecule has 0 fully saturated rings. The molecule has 0 aliphatic rings. The third kappa shape index (κ3) is 2.43. The quantitative estimate of drug-likeness (QED) is 0.678. The monoisotopic (exact) mass is 292 g/mol. The van der Waals surface area contributed by atoms with Crippen LogP contribution in [0.15, 0.2) is 36.5 Å². The number of rotatable bonds is 4. The van der Waals surface area contributed by atoms with Gasteiger partial charge in [-0.25, -0.2) is 0 Å². The minimum atomic E-state index is 0.520. The van der Waals surface area contributed by atoms with E-state index in [1.807, 2.05) is 0 Å². The molecule has 1 aromatic carbocycles. The largest absolute Gasteiger partial charge is 0.353 e. The standard InChI is InChI=1S/C20H24N2/c1-5-14-12-21-19(11-17(14)13(3)4)20-15(6-2)16-9-7-8-10-18(16)22-20/h7-13,22H,5-6H2,1-4H3. The minimum absolute atomic E-state index is 0.520. The van der Waals surface area contributed by atoms with Crippen molar-refractivity contribution in [1.29, 1.82) is 0 Å². The molecule has 0 bridgehead atoms. The molecule has 0 amide bonds. The molecule has 1 N–H and O–H groups in total. The predicted octanol–water partition coefficient (Wildman–Crippen LogP) is 5.48. The first-order chi connectivity index (χ1) is 10.7. The van der Waals surface area contributed by atoms with Crippen molar-refractivity contribution in [1.82, 2.24) is 9.97 Å². The summed E-state index contributed by atoms with van der Waals surface area (Å²) in [4.78, 5) is 8.31. The van der Waals surface area contributed by atoms with E-state index < -0.39 is 0 Å². The Labute approximate surface area is 132 Å². The van der Waals surface area contributed by atoms with Gasteiger partial charge in [-0.2, -0.15) is 0 Å². The van der Waals surface area contributed by atoms with Crippen molar-refractivity contribution in [3.63, 3.8) is 0 Å². The number of pyridine rings is 1. The predicted molar refractivity (Wildman–Crippen MR) is 94.4 cm³/mol. The average Bonchev–Trinajstić information content (AvgIpc) is 2.92. The Morgan fingerprint density at radius 1 is 1.09 bits per heavy atom. The normalized spacial score (nSPS) is 11.5. The molecule has 0 saturated carbocycles. The highest BCUT2D eigenvalue weighted by molar-refractivity contribution is 5.90. The number of fused-ring (bicyclic) bond motifs is 1. The molecule has 0 atom stereocenters. The zero-order valence-corrected chi connectivity index (χ0v) is 13.9. The average molecular weight is 292 g/mol. The Morgan fingerprint density at radius 2 is 1.86 bits per heavy atom. The van der Waals surface area contributed by atoms with Crippen molar-refractivity contribution in [2.24, 2.45) is 0 Å². The van der Waals surface area contributed by atoms with Crippen molar-refractivity contribution in [3.05, 3.63) is 53.2 Å². The van der Waals surface area contributed by atoms with E-state index >= 15 is 0 Å². The van der Waals surface area contributed by atoms with Gasteiger partial charge >= 0.3 is 0 Å². The fraction of sp³-hybridized carbons (Fsp3) is 0.350. The highest BCUT2D eigenvalue weighted by atomic mass is 14.8. The first kappa shape index (κ1) is 14.8. The molecule has 0 radical (unpaired) electrons. The van der Waals surface area contributed by atoms with Gasteiger partial charge in [-0.1, -0.05) is 45.9 Å². The number of aryl methyl sites for hydroxylation is 2. The third-order valence-corrected chi connectivity index (χ3v) is 4.45. The smallest absolute Gasteiger partial charge is 0.0870 e. The highest BCUT2D eigenvalue weighted by Gasteiger charge is 2.15. The first-order valence-corrected chi connectivity index (χ1v) is 8.24. The van der Waals surface area contributed by atoms with Crippen LogP contribution in [-0.4, -0.2) is 9.97 Å². The van der Waals surface area contributed by atoms with Gasteiger partial charge < -0.3 is 4.98 Å². The van der Waals surface area contributed by atoms with Gasteiger partial charge in [0.15, 0.2) is 0 Å². The molecular weight excluding hydrogens is 268 g/mol. The molecular formula is C20H24N2. The number of hydrogen-bond acceptors (Lipinski definition) is 1. The fourth-order valence-electron chi connectivity index (χ4n) is 3.25. The molecule has 22 heavy (non-hydrogen) atoms. The van der Waals surface area contributed by atoms with Gasteiger partial charge in [-0.3, -0.25) is 4.98 Å². The Morgan fingerprint density at radius 3 is 2.55 bits per heavy atom. The first-order valence-electron chi connectivity index (χ1n) is 8.24. The molecule has 0 unspecified atom stereocenters. The van der Waals surface area contributed by atoms with Crippen LogP contribution in [0.5, 0.6) is 0 Å². The molecule has 0 aliphatic carbocycles. The van der Waals surface area contributed by atoms with Crippen molar-refractivity contribution >= 4 is 10.9 Å². The summed E-state index contributed by atoms with van der Waals surface area (Å²) >= 11 is 0. The van der Waals surface area contributed by atoms with Crippen LogP contribution in [0.4, 0.5) is 0 Å². The highest BCUT2D eigenvalue weighted by Crippen LogP contribution is 2.32. The van der Waals surface area contributed by atoms with E-state index in [1.165, 1.54) is 33.3 Å². The van der Waals surface area contributed by atoms with Crippen LogP contribution in [0.1, 0.15) is 50.3 Å². The van der Waals surface area contributed by atoms with Crippen molar-refractivity contribution in [2.75, 3.05) is 0 Å². The molecule has 0 aliphatic heterocycles. The summed E-state index contributed by atoms with van der Waals surface area (Å²) in [6.45, 7) is 8.92. The second kappa shape index (κ2) is 5.96. The summed E-state index contributed by atoms with van der Waals surface area (Å²) in [5, 5.41) is 1.31. The van der Waals surface area contributed by atoms with Crippen LogP contribution in [0.2, 0.25) is 0 Å². The van der Waals surface area contributed by atoms with E-state index in [2.05, 4.69) is 69.2 Å². The molecule has 0 spiro atoms. The van der Waals surface area contributed by atoms with Crippen LogP contribution >= 0.6 is 0 Å². The van der Waals surface area contributed by atoms with Crippen LogP contribution < -0.4 is 0 Å². The lowest BCUT2D eigenvalue weighted by atomic mass is 9.95. The number of H-pyrrole nitrogens is 1. The molecule has 2 heterocycles. The summed E-state index contributed by atoms with van der Waals surface area (Å²) in [6, 6.07) is 10.8. The maximum absolute atomic E-state index is 4.74. The van der Waals surface area contributed by atoms with E-state index in [1.54, 1.807) is 0 Å². The Hall–Kier alpha value is -2.09. The summed E-state index contributed by atoms with van der Waals surface area (Å²) in [5.41, 5.74) is 7.56. The lowest BCUT2D eigenvalue weighted by Gasteiger charge is -2.13. The van der Waals surface area contributed by atoms with Crippen LogP contribution in [-0.2, 0) is 12.8 Å². The van der Waals surface area contributed by atoms with Gasteiger partial charge in [0.25, 0.3) is 0 Å². The molecule has 3 rings (SSSR count). The van der Waals surface area contributed by atoms with E-state index in [0.717, 1.165) is 18.5 Å². The molecule has 114 valence electrons. The Bertz CT molecular complexity index is 797. The number of aromatic amines is 1. The van der Waals surface area contributed by atoms with Gasteiger partial charge in [-0.15, -0.1) is 0 Å². The topological polar surface area (TPSA) is 28.7 Å². The second-order valence-corrected chi connectivity index (χ2v) is 6.15. The van der Waals surface area contributed by atoms with Crippen molar-refractivity contribution in [2.45, 2.75) is 46.5 Å². The van der Waals surface area contributed by atoms with Crippen molar-refractivity contribution < 1.29 is 0 Å². The van der Waals surface area contributed by atoms with Crippen LogP contribution in [0, 0.1) is 0 Å². The lowest BCUT2D eigenvalue weighted by Crippen LogP contribution is -1.99. The second-order valence-electron chi connectivity index (χ2n) is 6.15. The summed E-state index contributed by atoms with van der Waals surface area (Å²) < 4.78 is 0. The molecule has 2 aromatic heterocycles. The molecule has 0 saturated heterocycles. The summed E-state index contributed by atoms with van der Waals surface area (Å²) in [6.07, 6.45) is 4.09. The van der Waals surface area contributed by atoms with Gasteiger partial charge in [-0.05, 0) is 47.6 Å². The summed E-state index contributed by atoms with van der Waals surface area (Å²) in [5.74, 6) is 0.520. The SMILES string of the molecule is CCc1cnc(-c2[nH]c3ccccc3c2CC)cc1C(C)C. The maximum Gasteiger partial charge on any atom is 0.0870 e. The van der Waals surface area contributed by atoms with Crippen molar-refractivity contribution in [3.8, 4) is 11.4 Å². The number of para-hydroxylation sites is 1. The lowest BCUT2D eigenvalue weighted by molar-refractivity contribution is 0.839.